The van der Waals surface area contributed by atoms with E-state index in [1.165, 1.54) is 11.8 Å². The van der Waals surface area contributed by atoms with Gasteiger partial charge in [-0.05, 0) is 49.7 Å². The van der Waals surface area contributed by atoms with Crippen molar-refractivity contribution in [2.45, 2.75) is 25.5 Å². The van der Waals surface area contributed by atoms with Gasteiger partial charge >= 0.3 is 0 Å². The van der Waals surface area contributed by atoms with Crippen LogP contribution in [-0.2, 0) is 9.59 Å². The second-order valence-electron chi connectivity index (χ2n) is 6.42. The van der Waals surface area contributed by atoms with Gasteiger partial charge in [0, 0.05) is 33.7 Å². The number of carbonyl (C=O) groups is 2. The molecule has 1 heterocycles. The lowest BCUT2D eigenvalue weighted by molar-refractivity contribution is -0.129. The number of hydrogen-bond acceptors (Lipinski definition) is 4. The molecule has 1 fully saturated rings. The van der Waals surface area contributed by atoms with E-state index < -0.39 is 5.25 Å². The quantitative estimate of drug-likeness (QED) is 0.602. The number of aryl methyl sites for hydroxylation is 1. The number of nitrogens with one attached hydrogen (secondary N) is 1. The molecule has 1 N–H and O–H groups in total. The molecule has 0 bridgehead atoms. The van der Waals surface area contributed by atoms with Crippen LogP contribution in [0.15, 0.2) is 41.4 Å². The molecule has 0 radical (unpaired) electrons. The van der Waals surface area contributed by atoms with E-state index in [-0.39, 0.29) is 18.2 Å². The number of aliphatic imine (C=N–C) groups is 1. The van der Waals surface area contributed by atoms with Crippen molar-refractivity contribution in [2.75, 3.05) is 11.9 Å². The van der Waals surface area contributed by atoms with Crippen LogP contribution in [0.3, 0.4) is 0 Å². The summed E-state index contributed by atoms with van der Waals surface area (Å²) < 4.78 is 0. The van der Waals surface area contributed by atoms with Crippen LogP contribution in [0.5, 0.6) is 0 Å². The minimum absolute atomic E-state index is 0.0757. The second-order valence-corrected chi connectivity index (χ2v) is 8.87. The number of anilines is 1. The Morgan fingerprint density at radius 1 is 1.21 bits per heavy atom. The van der Waals surface area contributed by atoms with Gasteiger partial charge in [-0.3, -0.25) is 14.5 Å². The number of halogens is 3. The van der Waals surface area contributed by atoms with Crippen LogP contribution in [0.4, 0.5) is 11.4 Å². The highest BCUT2D eigenvalue weighted by Crippen LogP contribution is 2.31. The van der Waals surface area contributed by atoms with E-state index in [9.17, 15) is 9.59 Å². The van der Waals surface area contributed by atoms with Crippen LogP contribution in [0.25, 0.3) is 0 Å². The molecule has 0 aromatic heterocycles. The summed E-state index contributed by atoms with van der Waals surface area (Å²) in [4.78, 5) is 31.5. The third kappa shape index (κ3) is 5.45. The molecule has 152 valence electrons. The van der Waals surface area contributed by atoms with Crippen molar-refractivity contribution in [3.05, 3.63) is 57.0 Å². The maximum atomic E-state index is 12.8. The molecule has 0 aliphatic carbocycles. The first kappa shape index (κ1) is 22.0. The lowest BCUT2D eigenvalue weighted by Gasteiger charge is -2.31. The number of thioether (sulfide) groups is 1. The number of hydrogen-bond donors (Lipinski definition) is 1. The molecular formula is C20H18Cl3N3O2S. The van der Waals surface area contributed by atoms with E-state index in [1.54, 1.807) is 29.2 Å². The molecule has 0 saturated carbocycles. The molecule has 2 aromatic rings. The molecular weight excluding hydrogens is 453 g/mol. The number of nitrogens with zero attached hydrogens (tertiary/aromatic N) is 2. The summed E-state index contributed by atoms with van der Waals surface area (Å²) in [6.45, 7) is 4.23. The van der Waals surface area contributed by atoms with Crippen LogP contribution < -0.4 is 5.32 Å². The SMILES string of the molecule is CCN1C(=O)CC(C(=O)Nc2cc(Cl)cc(Cl)c2)SC1=Nc1ccc(C)c(Cl)c1. The third-order valence-corrected chi connectivity index (χ3v) is 6.29. The average Bonchev–Trinajstić information content (AvgIpc) is 2.63. The van der Waals surface area contributed by atoms with Crippen LogP contribution in [-0.4, -0.2) is 33.7 Å². The van der Waals surface area contributed by atoms with Gasteiger partial charge in [0.25, 0.3) is 0 Å². The van der Waals surface area contributed by atoms with Gasteiger partial charge in [0.15, 0.2) is 5.17 Å². The summed E-state index contributed by atoms with van der Waals surface area (Å²) in [6.07, 6.45) is 0.0757. The molecule has 3 rings (SSSR count). The van der Waals surface area contributed by atoms with Crippen molar-refractivity contribution in [2.24, 2.45) is 4.99 Å². The van der Waals surface area contributed by atoms with Gasteiger partial charge in [-0.15, -0.1) is 0 Å². The summed E-state index contributed by atoms with van der Waals surface area (Å²) in [5.74, 6) is -0.473. The number of amides is 2. The summed E-state index contributed by atoms with van der Waals surface area (Å²) >= 11 is 19.4. The Bertz CT molecular complexity index is 977. The smallest absolute Gasteiger partial charge is 0.238 e. The molecule has 9 heteroatoms. The monoisotopic (exact) mass is 469 g/mol. The largest absolute Gasteiger partial charge is 0.325 e. The van der Waals surface area contributed by atoms with Crippen LogP contribution in [0.1, 0.15) is 18.9 Å². The van der Waals surface area contributed by atoms with E-state index in [2.05, 4.69) is 10.3 Å². The second kappa shape index (κ2) is 9.39. The van der Waals surface area contributed by atoms with Gasteiger partial charge in [0.05, 0.1) is 5.69 Å². The minimum Gasteiger partial charge on any atom is -0.325 e. The maximum absolute atomic E-state index is 12.8. The molecule has 1 saturated heterocycles. The Morgan fingerprint density at radius 2 is 1.90 bits per heavy atom. The van der Waals surface area contributed by atoms with E-state index in [1.807, 2.05) is 26.0 Å². The number of carbonyl (C=O) groups excluding carboxylic acids is 2. The molecule has 5 nitrogen and oxygen atoms in total. The Hall–Kier alpha value is -1.73. The molecule has 2 amide bonds. The van der Waals surface area contributed by atoms with Gasteiger partial charge in [-0.2, -0.15) is 0 Å². The standard InChI is InChI=1S/C20H18Cl3N3O2S/c1-3-26-18(27)10-17(19(28)24-15-7-12(21)6-13(22)8-15)29-20(26)25-14-5-4-11(2)16(23)9-14/h4-9,17H,3,10H2,1-2H3,(H,24,28). The summed E-state index contributed by atoms with van der Waals surface area (Å²) in [6, 6.07) is 10.2. The molecule has 1 aliphatic heterocycles. The first-order valence-corrected chi connectivity index (χ1v) is 10.9. The maximum Gasteiger partial charge on any atom is 0.238 e. The van der Waals surface area contributed by atoms with Crippen molar-refractivity contribution >= 4 is 74.9 Å². The topological polar surface area (TPSA) is 61.8 Å². The lowest BCUT2D eigenvalue weighted by Crippen LogP contribution is -2.45. The van der Waals surface area contributed by atoms with Gasteiger partial charge in [-0.1, -0.05) is 52.6 Å². The van der Waals surface area contributed by atoms with Crippen LogP contribution in [0, 0.1) is 6.92 Å². The van der Waals surface area contributed by atoms with Gasteiger partial charge in [0.2, 0.25) is 11.8 Å². The summed E-state index contributed by atoms with van der Waals surface area (Å²) in [5, 5.41) is 4.03. The molecule has 1 atom stereocenters. The summed E-state index contributed by atoms with van der Waals surface area (Å²) in [5.41, 5.74) is 2.03. The van der Waals surface area contributed by atoms with Crippen molar-refractivity contribution < 1.29 is 9.59 Å². The molecule has 29 heavy (non-hydrogen) atoms. The van der Waals surface area contributed by atoms with Gasteiger partial charge < -0.3 is 5.32 Å². The average molecular weight is 471 g/mol. The molecule has 2 aromatic carbocycles. The molecule has 0 spiro atoms. The zero-order valence-corrected chi connectivity index (χ0v) is 18.8. The van der Waals surface area contributed by atoms with Crippen LogP contribution >= 0.6 is 46.6 Å². The third-order valence-electron chi connectivity index (χ3n) is 4.26. The number of amidine groups is 1. The zero-order valence-electron chi connectivity index (χ0n) is 15.7. The van der Waals surface area contributed by atoms with Gasteiger partial charge in [0.1, 0.15) is 5.25 Å². The highest BCUT2D eigenvalue weighted by molar-refractivity contribution is 8.15. The summed E-state index contributed by atoms with van der Waals surface area (Å²) in [7, 11) is 0. The van der Waals surface area contributed by atoms with Crippen LogP contribution in [0.2, 0.25) is 15.1 Å². The Balaban J connectivity index is 1.84. The minimum atomic E-state index is -0.622. The Kier molecular flexibility index (Phi) is 7.11. The highest BCUT2D eigenvalue weighted by Gasteiger charge is 2.35. The fourth-order valence-electron chi connectivity index (χ4n) is 2.76. The predicted octanol–water partition coefficient (Wildman–Crippen LogP) is 5.94. The van der Waals surface area contributed by atoms with Crippen molar-refractivity contribution in [3.8, 4) is 0 Å². The van der Waals surface area contributed by atoms with E-state index in [0.717, 1.165) is 5.56 Å². The molecule has 1 aliphatic rings. The van der Waals surface area contributed by atoms with E-state index in [4.69, 9.17) is 34.8 Å². The fraction of sp³-hybridized carbons (Fsp3) is 0.250. The predicted molar refractivity (Wildman–Crippen MR) is 122 cm³/mol. The van der Waals surface area contributed by atoms with E-state index in [0.29, 0.717) is 38.2 Å². The van der Waals surface area contributed by atoms with Crippen molar-refractivity contribution in [3.63, 3.8) is 0 Å². The van der Waals surface area contributed by atoms with Gasteiger partial charge in [-0.25, -0.2) is 4.99 Å². The number of rotatable bonds is 4. The highest BCUT2D eigenvalue weighted by atomic mass is 35.5. The number of benzene rings is 2. The first-order chi connectivity index (χ1) is 13.8. The normalized spacial score (nSPS) is 18.2. The first-order valence-electron chi connectivity index (χ1n) is 8.85. The zero-order chi connectivity index (χ0) is 21.1. The Morgan fingerprint density at radius 3 is 2.52 bits per heavy atom. The molecule has 1 unspecified atom stereocenters. The van der Waals surface area contributed by atoms with Crippen molar-refractivity contribution in [1.82, 2.24) is 4.90 Å². The van der Waals surface area contributed by atoms with E-state index >= 15 is 0 Å². The fourth-order valence-corrected chi connectivity index (χ4v) is 4.63. The Labute approximate surface area is 188 Å². The van der Waals surface area contributed by atoms with Crippen molar-refractivity contribution in [1.29, 1.82) is 0 Å². The lowest BCUT2D eigenvalue weighted by atomic mass is 10.2.